The van der Waals surface area contributed by atoms with Crippen LogP contribution in [0, 0.1) is 17.3 Å². The molecule has 0 aromatic heterocycles. The quantitative estimate of drug-likeness (QED) is 0.186. The Morgan fingerprint density at radius 1 is 1.05 bits per heavy atom. The highest BCUT2D eigenvalue weighted by Gasteiger charge is 2.78. The molecule has 2 heterocycles. The van der Waals surface area contributed by atoms with Crippen molar-refractivity contribution in [1.82, 2.24) is 0 Å². The van der Waals surface area contributed by atoms with Crippen LogP contribution in [-0.4, -0.2) is 76.1 Å². The third-order valence-corrected chi connectivity index (χ3v) is 9.42. The van der Waals surface area contributed by atoms with Crippen molar-refractivity contribution in [2.24, 2.45) is 17.3 Å². The molecule has 2 saturated carbocycles. The zero-order chi connectivity index (χ0) is 27.7. The fraction of sp³-hybridized carbons (Fsp3) is 0.769. The van der Waals surface area contributed by atoms with Gasteiger partial charge in [-0.25, -0.2) is 0 Å². The van der Waals surface area contributed by atoms with Crippen molar-refractivity contribution in [3.63, 3.8) is 0 Å². The monoisotopic (exact) mass is 542 g/mol. The fourth-order valence-electron chi connectivity index (χ4n) is 6.94. The van der Waals surface area contributed by atoms with Crippen molar-refractivity contribution in [3.8, 4) is 0 Å². The molecule has 11 heteroatoms. The van der Waals surface area contributed by atoms with Gasteiger partial charge in [-0.1, -0.05) is 19.1 Å². The first-order chi connectivity index (χ1) is 17.1. The summed E-state index contributed by atoms with van der Waals surface area (Å²) in [7, 11) is 0. The number of epoxide rings is 1. The predicted octanol–water partition coefficient (Wildman–Crippen LogP) is 2.22. The first-order valence-electron chi connectivity index (χ1n) is 12.5. The molecule has 4 rings (SSSR count). The Kier molecular flexibility index (Phi) is 6.95. The summed E-state index contributed by atoms with van der Waals surface area (Å²) in [5.41, 5.74) is -3.84. The topological polar surface area (TPSA) is 138 Å². The number of carbonyl (C=O) groups is 4. The minimum Gasteiger partial charge on any atom is -0.462 e. The van der Waals surface area contributed by atoms with Gasteiger partial charge in [0.15, 0.2) is 11.7 Å². The first kappa shape index (κ1) is 27.9. The van der Waals surface area contributed by atoms with Crippen LogP contribution in [0.5, 0.6) is 0 Å². The van der Waals surface area contributed by atoms with Crippen molar-refractivity contribution >= 4 is 35.5 Å². The van der Waals surface area contributed by atoms with Crippen LogP contribution >= 0.6 is 11.6 Å². The lowest BCUT2D eigenvalue weighted by atomic mass is 9.53. The van der Waals surface area contributed by atoms with Gasteiger partial charge in [-0.3, -0.25) is 19.2 Å². The van der Waals surface area contributed by atoms with E-state index in [1.54, 1.807) is 6.92 Å². The van der Waals surface area contributed by atoms with Gasteiger partial charge in [0.25, 0.3) is 0 Å². The summed E-state index contributed by atoms with van der Waals surface area (Å²) in [6, 6.07) is 0. The zero-order valence-corrected chi connectivity index (χ0v) is 22.7. The number of hydrogen-bond donors (Lipinski definition) is 1. The van der Waals surface area contributed by atoms with E-state index in [9.17, 15) is 24.3 Å². The largest absolute Gasteiger partial charge is 0.462 e. The van der Waals surface area contributed by atoms with Gasteiger partial charge in [-0.05, 0) is 26.7 Å². The van der Waals surface area contributed by atoms with Gasteiger partial charge in [0.05, 0.1) is 28.4 Å². The van der Waals surface area contributed by atoms with E-state index in [0.717, 1.165) is 0 Å². The summed E-state index contributed by atoms with van der Waals surface area (Å²) >= 11 is 6.75. The normalized spacial score (nSPS) is 46.9. The Hall–Kier alpha value is -2.17. The Morgan fingerprint density at radius 3 is 2.19 bits per heavy atom. The average Bonchev–Trinajstić information content (AvgIpc) is 3.39. The first-order valence-corrected chi connectivity index (χ1v) is 13.0. The third kappa shape index (κ3) is 4.25. The lowest BCUT2D eigenvalue weighted by molar-refractivity contribution is -0.236. The number of rotatable bonds is 3. The average molecular weight is 543 g/mol. The highest BCUT2D eigenvalue weighted by molar-refractivity contribution is 6.23. The van der Waals surface area contributed by atoms with Crippen molar-refractivity contribution < 1.29 is 48.0 Å². The van der Waals surface area contributed by atoms with E-state index < -0.39 is 88.2 Å². The van der Waals surface area contributed by atoms with E-state index in [1.807, 2.05) is 6.92 Å². The van der Waals surface area contributed by atoms with Crippen molar-refractivity contribution in [2.75, 3.05) is 0 Å². The van der Waals surface area contributed by atoms with E-state index in [2.05, 4.69) is 6.58 Å². The van der Waals surface area contributed by atoms with Crippen molar-refractivity contribution in [1.29, 1.82) is 0 Å². The maximum atomic E-state index is 12.9. The van der Waals surface area contributed by atoms with E-state index in [0.29, 0.717) is 12.0 Å². The van der Waals surface area contributed by atoms with Gasteiger partial charge in [-0.15, -0.1) is 11.6 Å². The fourth-order valence-corrected chi connectivity index (χ4v) is 7.30. The number of ether oxygens (including phenoxy) is 5. The molecule has 0 radical (unpaired) electrons. The highest BCUT2D eigenvalue weighted by atomic mass is 35.5. The van der Waals surface area contributed by atoms with Crippen LogP contribution in [0.15, 0.2) is 12.2 Å². The van der Waals surface area contributed by atoms with E-state index >= 15 is 0 Å². The summed E-state index contributed by atoms with van der Waals surface area (Å²) in [4.78, 5) is 50.0. The van der Waals surface area contributed by atoms with Crippen molar-refractivity contribution in [3.05, 3.63) is 12.2 Å². The van der Waals surface area contributed by atoms with Gasteiger partial charge in [0, 0.05) is 33.1 Å². The molecule has 2 aliphatic heterocycles. The number of carbonyl (C=O) groups excluding carboxylic acids is 4. The van der Waals surface area contributed by atoms with Gasteiger partial charge < -0.3 is 28.8 Å². The molecule has 0 aromatic rings. The second-order valence-corrected chi connectivity index (χ2v) is 11.6. The van der Waals surface area contributed by atoms with E-state index in [1.165, 1.54) is 27.7 Å². The number of hydrogen-bond acceptors (Lipinski definition) is 10. The second-order valence-electron chi connectivity index (χ2n) is 11.2. The molecule has 2 saturated heterocycles. The van der Waals surface area contributed by atoms with E-state index in [4.69, 9.17) is 35.3 Å². The Bertz CT molecular complexity index is 1030. The summed E-state index contributed by atoms with van der Waals surface area (Å²) in [6.45, 7) is 12.9. The summed E-state index contributed by atoms with van der Waals surface area (Å²) < 4.78 is 29.3. The highest BCUT2D eigenvalue weighted by Crippen LogP contribution is 2.65. The maximum Gasteiger partial charge on any atom is 0.312 e. The number of aliphatic hydroxyl groups is 1. The molecule has 206 valence electrons. The van der Waals surface area contributed by atoms with Crippen LogP contribution in [0.1, 0.15) is 60.8 Å². The molecule has 2 aliphatic carbocycles. The lowest BCUT2D eigenvalue weighted by Gasteiger charge is -2.56. The number of halogens is 1. The Labute approximate surface area is 220 Å². The number of esters is 4. The summed E-state index contributed by atoms with van der Waals surface area (Å²) in [5.74, 6) is -4.56. The molecular formula is C26H35ClO10. The smallest absolute Gasteiger partial charge is 0.312 e. The molecule has 0 aromatic carbocycles. The van der Waals surface area contributed by atoms with Crippen molar-refractivity contribution in [2.45, 2.75) is 108 Å². The third-order valence-electron chi connectivity index (χ3n) is 8.88. The number of fused-ring (bicyclic) bond motifs is 4. The standard InChI is InChI=1S/C26H35ClO10/c1-11-8-9-16(33-13(3)28)24(6)17(34-14(4)29)10-18-25(7,37-18)20(24)22(35-15(5)30)26(32)12(2)23(31)36-21(26)19(11)27/h12,16-22,32H,1,8-10H2,2-7H3/t12-,16-,17-,18+,19?,20?,21-,22?,24-,25+,26-/m0/s1. The maximum absolute atomic E-state index is 12.9. The Morgan fingerprint density at radius 2 is 1.62 bits per heavy atom. The SMILES string of the molecule is C=C1CC[C@H](OC(C)=O)[C@]2(C)C(C(OC(C)=O)[C@]3(O)[C@@H](C)C(=O)O[C@H]3C1Cl)[C@]1(C)O[C@@H]1C[C@@H]2OC(C)=O. The summed E-state index contributed by atoms with van der Waals surface area (Å²) in [6.07, 6.45) is -3.96. The van der Waals surface area contributed by atoms with Gasteiger partial charge in [0.1, 0.15) is 18.3 Å². The molecular weight excluding hydrogens is 508 g/mol. The lowest BCUT2D eigenvalue weighted by Crippen LogP contribution is -2.70. The van der Waals surface area contributed by atoms with Gasteiger partial charge in [-0.2, -0.15) is 0 Å². The molecule has 11 atom stereocenters. The predicted molar refractivity (Wildman–Crippen MR) is 128 cm³/mol. The summed E-state index contributed by atoms with van der Waals surface area (Å²) in [5, 5.41) is 11.4. The number of alkyl halides is 1. The van der Waals surface area contributed by atoms with Crippen LogP contribution in [0.3, 0.4) is 0 Å². The van der Waals surface area contributed by atoms with Crippen LogP contribution < -0.4 is 0 Å². The molecule has 1 N–H and O–H groups in total. The molecule has 4 aliphatic rings. The zero-order valence-electron chi connectivity index (χ0n) is 21.9. The van der Waals surface area contributed by atoms with Gasteiger partial charge >= 0.3 is 23.9 Å². The minimum absolute atomic E-state index is 0.245. The molecule has 4 fully saturated rings. The molecule has 37 heavy (non-hydrogen) atoms. The molecule has 10 nitrogen and oxygen atoms in total. The van der Waals surface area contributed by atoms with Crippen LogP contribution in [0.2, 0.25) is 0 Å². The minimum atomic E-state index is -2.10. The van der Waals surface area contributed by atoms with Gasteiger partial charge in [0.2, 0.25) is 0 Å². The van der Waals surface area contributed by atoms with Crippen LogP contribution in [0.4, 0.5) is 0 Å². The van der Waals surface area contributed by atoms with Crippen LogP contribution in [0.25, 0.3) is 0 Å². The van der Waals surface area contributed by atoms with Crippen LogP contribution in [-0.2, 0) is 42.9 Å². The Balaban J connectivity index is 2.01. The molecule has 3 unspecified atom stereocenters. The van der Waals surface area contributed by atoms with E-state index in [-0.39, 0.29) is 12.8 Å². The molecule has 0 spiro atoms. The molecule has 0 amide bonds. The second kappa shape index (κ2) is 9.24. The molecule has 0 bridgehead atoms.